The first-order valence-electron chi connectivity index (χ1n) is 7.19. The number of carbonyl (C=O) groups excluding carboxylic acids is 1. The second kappa shape index (κ2) is 6.12. The van der Waals surface area contributed by atoms with Crippen LogP contribution in [0.4, 0.5) is 0 Å². The Balaban J connectivity index is 2.50. The van der Waals surface area contributed by atoms with Crippen molar-refractivity contribution in [3.05, 3.63) is 41.0 Å². The minimum atomic E-state index is -0.319. The van der Waals surface area contributed by atoms with Gasteiger partial charge < -0.3 is 9.15 Å². The summed E-state index contributed by atoms with van der Waals surface area (Å²) >= 11 is 0. The van der Waals surface area contributed by atoms with Crippen LogP contribution in [0.15, 0.2) is 22.6 Å². The van der Waals surface area contributed by atoms with Crippen molar-refractivity contribution in [2.75, 3.05) is 6.61 Å². The largest absolute Gasteiger partial charge is 0.466 e. The summed E-state index contributed by atoms with van der Waals surface area (Å²) in [5, 5.41) is 0. The average molecular weight is 287 g/mol. The SMILES string of the molecule is CCOC(=O)c1ccc(-c2cc(C)oc2C)nc1C(C)C. The summed E-state index contributed by atoms with van der Waals surface area (Å²) in [6.07, 6.45) is 0. The molecule has 0 atom stereocenters. The first-order chi connectivity index (χ1) is 9.93. The Morgan fingerprint density at radius 3 is 2.57 bits per heavy atom. The molecule has 0 aliphatic rings. The lowest BCUT2D eigenvalue weighted by molar-refractivity contribution is 0.0524. The molecule has 0 spiro atoms. The summed E-state index contributed by atoms with van der Waals surface area (Å²) in [5.41, 5.74) is 3.07. The van der Waals surface area contributed by atoms with Crippen LogP contribution in [-0.2, 0) is 4.74 Å². The first-order valence-corrected chi connectivity index (χ1v) is 7.19. The molecule has 0 aromatic carbocycles. The molecule has 2 aromatic heterocycles. The van der Waals surface area contributed by atoms with Crippen LogP contribution in [-0.4, -0.2) is 17.6 Å². The number of esters is 1. The monoisotopic (exact) mass is 287 g/mol. The highest BCUT2D eigenvalue weighted by molar-refractivity contribution is 5.91. The lowest BCUT2D eigenvalue weighted by atomic mass is 10.0. The van der Waals surface area contributed by atoms with E-state index in [-0.39, 0.29) is 11.9 Å². The predicted octanol–water partition coefficient (Wildman–Crippen LogP) is 4.26. The number of ether oxygens (including phenoxy) is 1. The number of hydrogen-bond acceptors (Lipinski definition) is 4. The van der Waals surface area contributed by atoms with Crippen molar-refractivity contribution in [1.82, 2.24) is 4.98 Å². The van der Waals surface area contributed by atoms with Crippen molar-refractivity contribution in [2.24, 2.45) is 0 Å². The normalized spacial score (nSPS) is 11.0. The fraction of sp³-hybridized carbons (Fsp3) is 0.412. The molecule has 0 bridgehead atoms. The summed E-state index contributed by atoms with van der Waals surface area (Å²) in [6.45, 7) is 10.0. The van der Waals surface area contributed by atoms with Gasteiger partial charge in [0.25, 0.3) is 0 Å². The summed E-state index contributed by atoms with van der Waals surface area (Å²) in [6, 6.07) is 5.60. The van der Waals surface area contributed by atoms with E-state index >= 15 is 0 Å². The van der Waals surface area contributed by atoms with Gasteiger partial charge in [0.1, 0.15) is 11.5 Å². The van der Waals surface area contributed by atoms with Crippen LogP contribution in [0, 0.1) is 13.8 Å². The summed E-state index contributed by atoms with van der Waals surface area (Å²) in [7, 11) is 0. The fourth-order valence-electron chi connectivity index (χ4n) is 2.33. The molecule has 0 fully saturated rings. The van der Waals surface area contributed by atoms with Gasteiger partial charge in [-0.1, -0.05) is 13.8 Å². The third-order valence-corrected chi connectivity index (χ3v) is 3.28. The zero-order valence-electron chi connectivity index (χ0n) is 13.2. The zero-order chi connectivity index (χ0) is 15.6. The van der Waals surface area contributed by atoms with Crippen molar-refractivity contribution in [1.29, 1.82) is 0 Å². The second-order valence-corrected chi connectivity index (χ2v) is 5.33. The van der Waals surface area contributed by atoms with Crippen LogP contribution in [0.3, 0.4) is 0 Å². The van der Waals surface area contributed by atoms with Gasteiger partial charge in [-0.2, -0.15) is 0 Å². The van der Waals surface area contributed by atoms with Gasteiger partial charge in [0.05, 0.1) is 23.6 Å². The molecule has 0 saturated carbocycles. The van der Waals surface area contributed by atoms with Crippen LogP contribution in [0.25, 0.3) is 11.3 Å². The van der Waals surface area contributed by atoms with Gasteiger partial charge in [-0.05, 0) is 44.9 Å². The van der Waals surface area contributed by atoms with Gasteiger partial charge in [0, 0.05) is 5.56 Å². The number of rotatable bonds is 4. The Bertz CT molecular complexity index is 656. The molecule has 0 N–H and O–H groups in total. The molecule has 2 rings (SSSR count). The maximum Gasteiger partial charge on any atom is 0.339 e. The molecule has 0 unspecified atom stereocenters. The van der Waals surface area contributed by atoms with Crippen molar-refractivity contribution < 1.29 is 13.9 Å². The van der Waals surface area contributed by atoms with Crippen LogP contribution < -0.4 is 0 Å². The van der Waals surface area contributed by atoms with Gasteiger partial charge in [0.15, 0.2) is 0 Å². The molecule has 112 valence electrons. The lowest BCUT2D eigenvalue weighted by Gasteiger charge is -2.12. The highest BCUT2D eigenvalue weighted by Gasteiger charge is 2.18. The molecule has 2 aromatic rings. The molecular weight excluding hydrogens is 266 g/mol. The molecular formula is C17H21NO3. The summed E-state index contributed by atoms with van der Waals surface area (Å²) < 4.78 is 10.6. The van der Waals surface area contributed by atoms with Gasteiger partial charge >= 0.3 is 5.97 Å². The number of pyridine rings is 1. The van der Waals surface area contributed by atoms with Crippen molar-refractivity contribution in [2.45, 2.75) is 40.5 Å². The van der Waals surface area contributed by atoms with Gasteiger partial charge in [-0.15, -0.1) is 0 Å². The third kappa shape index (κ3) is 3.15. The van der Waals surface area contributed by atoms with Gasteiger partial charge in [0.2, 0.25) is 0 Å². The lowest BCUT2D eigenvalue weighted by Crippen LogP contribution is -2.11. The number of aryl methyl sites for hydroxylation is 2. The van der Waals surface area contributed by atoms with E-state index in [1.807, 2.05) is 39.8 Å². The quantitative estimate of drug-likeness (QED) is 0.788. The molecule has 0 aliphatic heterocycles. The molecule has 2 heterocycles. The second-order valence-electron chi connectivity index (χ2n) is 5.33. The smallest absolute Gasteiger partial charge is 0.339 e. The van der Waals surface area contributed by atoms with Crippen molar-refractivity contribution >= 4 is 5.97 Å². The van der Waals surface area contributed by atoms with Crippen LogP contribution in [0.5, 0.6) is 0 Å². The molecule has 4 nitrogen and oxygen atoms in total. The minimum absolute atomic E-state index is 0.137. The Hall–Kier alpha value is -2.10. The van der Waals surface area contributed by atoms with Gasteiger partial charge in [-0.3, -0.25) is 4.98 Å². The average Bonchev–Trinajstić information content (AvgIpc) is 2.77. The summed E-state index contributed by atoms with van der Waals surface area (Å²) in [4.78, 5) is 16.7. The van der Waals surface area contributed by atoms with Crippen LogP contribution >= 0.6 is 0 Å². The van der Waals surface area contributed by atoms with E-state index in [4.69, 9.17) is 9.15 Å². The number of furan rings is 1. The van der Waals surface area contributed by atoms with Crippen molar-refractivity contribution in [3.63, 3.8) is 0 Å². The van der Waals surface area contributed by atoms with Gasteiger partial charge in [-0.25, -0.2) is 4.79 Å². The van der Waals surface area contributed by atoms with Crippen LogP contribution in [0.1, 0.15) is 54.3 Å². The van der Waals surface area contributed by atoms with Crippen LogP contribution in [0.2, 0.25) is 0 Å². The molecule has 0 saturated heterocycles. The molecule has 4 heteroatoms. The maximum atomic E-state index is 12.0. The number of carbonyl (C=O) groups is 1. The Morgan fingerprint density at radius 2 is 2.05 bits per heavy atom. The predicted molar refractivity (Wildman–Crippen MR) is 81.5 cm³/mol. The van der Waals surface area contributed by atoms with E-state index in [0.29, 0.717) is 12.2 Å². The zero-order valence-corrected chi connectivity index (χ0v) is 13.2. The van der Waals surface area contributed by atoms with E-state index in [1.165, 1.54) is 0 Å². The number of aromatic nitrogens is 1. The third-order valence-electron chi connectivity index (χ3n) is 3.28. The Morgan fingerprint density at radius 1 is 1.33 bits per heavy atom. The fourth-order valence-corrected chi connectivity index (χ4v) is 2.33. The van der Waals surface area contributed by atoms with E-state index in [0.717, 1.165) is 28.5 Å². The molecule has 0 aliphatic carbocycles. The van der Waals surface area contributed by atoms with E-state index in [2.05, 4.69) is 4.98 Å². The van der Waals surface area contributed by atoms with E-state index in [1.54, 1.807) is 13.0 Å². The highest BCUT2D eigenvalue weighted by atomic mass is 16.5. The summed E-state index contributed by atoms with van der Waals surface area (Å²) in [5.74, 6) is 1.50. The van der Waals surface area contributed by atoms with E-state index < -0.39 is 0 Å². The first kappa shape index (κ1) is 15.3. The maximum absolute atomic E-state index is 12.0. The molecule has 0 radical (unpaired) electrons. The molecule has 21 heavy (non-hydrogen) atoms. The minimum Gasteiger partial charge on any atom is -0.466 e. The van der Waals surface area contributed by atoms with E-state index in [9.17, 15) is 4.79 Å². The standard InChI is InChI=1S/C17H21NO3/c1-6-20-17(19)13-7-8-15(18-16(13)10(2)3)14-9-11(4)21-12(14)5/h7-10H,6H2,1-5H3. The highest BCUT2D eigenvalue weighted by Crippen LogP contribution is 2.28. The molecule has 0 amide bonds. The topological polar surface area (TPSA) is 52.3 Å². The Kier molecular flexibility index (Phi) is 4.46. The van der Waals surface area contributed by atoms with Crippen molar-refractivity contribution in [3.8, 4) is 11.3 Å². The number of hydrogen-bond donors (Lipinski definition) is 0. The Labute approximate surface area is 125 Å². The number of nitrogens with zero attached hydrogens (tertiary/aromatic N) is 1.